The van der Waals surface area contributed by atoms with Crippen LogP contribution in [-0.4, -0.2) is 57.9 Å². The Balaban J connectivity index is 2.15. The first-order valence-corrected chi connectivity index (χ1v) is 9.33. The molecule has 2 aromatic rings. The molecule has 0 saturated carbocycles. The maximum Gasteiger partial charge on any atom is 0.407 e. The Labute approximate surface area is 171 Å². The average molecular weight is 484 g/mol. The first-order valence-electron chi connectivity index (χ1n) is 8.16. The second kappa shape index (κ2) is 7.78. The molecule has 1 saturated heterocycles. The van der Waals surface area contributed by atoms with Crippen LogP contribution in [0, 0.1) is 5.82 Å². The van der Waals surface area contributed by atoms with Gasteiger partial charge < -0.3 is 19.6 Å². The van der Waals surface area contributed by atoms with Crippen molar-refractivity contribution >= 4 is 50.3 Å². The van der Waals surface area contributed by atoms with Gasteiger partial charge in [-0.15, -0.1) is 0 Å². The molecule has 1 fully saturated rings. The molecule has 1 aliphatic rings. The largest absolute Gasteiger partial charge is 0.465 e. The van der Waals surface area contributed by atoms with Gasteiger partial charge in [-0.05, 0) is 47.4 Å². The van der Waals surface area contributed by atoms with E-state index in [2.05, 4.69) is 30.6 Å². The molecule has 2 heterocycles. The van der Waals surface area contributed by atoms with Crippen molar-refractivity contribution in [3.05, 3.63) is 21.6 Å². The highest BCUT2D eigenvalue weighted by molar-refractivity contribution is 9.10. The van der Waals surface area contributed by atoms with Gasteiger partial charge in [-0.1, -0.05) is 0 Å². The number of piperazine rings is 1. The van der Waals surface area contributed by atoms with Gasteiger partial charge in [0.05, 0.1) is 4.47 Å². The van der Waals surface area contributed by atoms with Gasteiger partial charge in [-0.2, -0.15) is 13.8 Å². The summed E-state index contributed by atoms with van der Waals surface area (Å²) in [5.41, 5.74) is -0.163. The van der Waals surface area contributed by atoms with Gasteiger partial charge in [0.1, 0.15) is 17.1 Å². The Morgan fingerprint density at radius 3 is 2.64 bits per heavy atom. The molecule has 7 nitrogen and oxygen atoms in total. The first-order chi connectivity index (χ1) is 13.1. The number of fused-ring (bicyclic) bond motifs is 1. The number of alkyl halides is 2. The first kappa shape index (κ1) is 20.7. The van der Waals surface area contributed by atoms with Crippen molar-refractivity contribution in [1.82, 2.24) is 14.9 Å². The molecule has 0 unspecified atom stereocenters. The summed E-state index contributed by atoms with van der Waals surface area (Å²) in [6, 6.07) is 0.503. The number of hydrogen-bond donors (Lipinski definition) is 1. The second-order valence-corrected chi connectivity index (χ2v) is 7.51. The standard InChI is InChI=1S/C16H15BrClF3N4O3/c1-6-5-25(16(26)27)7(2)4-24(6)13-8-3-9(28-15(20)21)10(17)11(19)12(8)22-14(18)23-13/h3,6-7,15H,4-5H2,1-2H3,(H,26,27)/t6-,7+/m0/s1. The summed E-state index contributed by atoms with van der Waals surface area (Å²) in [5, 5.41) is 9.21. The van der Waals surface area contributed by atoms with Gasteiger partial charge in [0.15, 0.2) is 5.82 Å². The number of halogens is 5. The predicted molar refractivity (Wildman–Crippen MR) is 99.8 cm³/mol. The zero-order chi connectivity index (χ0) is 20.7. The van der Waals surface area contributed by atoms with Crippen LogP contribution in [0.25, 0.3) is 10.9 Å². The summed E-state index contributed by atoms with van der Waals surface area (Å²) in [4.78, 5) is 22.4. The van der Waals surface area contributed by atoms with E-state index in [4.69, 9.17) is 11.6 Å². The number of ether oxygens (including phenoxy) is 1. The maximum absolute atomic E-state index is 14.8. The average Bonchev–Trinajstić information content (AvgIpc) is 2.60. The Kier molecular flexibility index (Phi) is 5.76. The molecule has 0 radical (unpaired) electrons. The monoisotopic (exact) mass is 482 g/mol. The summed E-state index contributed by atoms with van der Waals surface area (Å²) in [7, 11) is 0. The third kappa shape index (κ3) is 3.77. The van der Waals surface area contributed by atoms with Crippen LogP contribution in [0.2, 0.25) is 5.28 Å². The lowest BCUT2D eigenvalue weighted by Crippen LogP contribution is -2.58. The minimum atomic E-state index is -3.15. The number of amides is 1. The van der Waals surface area contributed by atoms with Crippen LogP contribution in [0.15, 0.2) is 10.5 Å². The number of rotatable bonds is 3. The Bertz CT molecular complexity index is 936. The molecule has 152 valence electrons. The molecule has 0 aliphatic carbocycles. The van der Waals surface area contributed by atoms with Gasteiger partial charge in [0.25, 0.3) is 0 Å². The van der Waals surface area contributed by atoms with E-state index in [9.17, 15) is 23.1 Å². The summed E-state index contributed by atoms with van der Waals surface area (Å²) < 4.78 is 44.2. The quantitative estimate of drug-likeness (QED) is 0.654. The van der Waals surface area contributed by atoms with Gasteiger partial charge in [0.2, 0.25) is 5.28 Å². The van der Waals surface area contributed by atoms with E-state index in [0.717, 1.165) is 0 Å². The van der Waals surface area contributed by atoms with Crippen molar-refractivity contribution in [2.24, 2.45) is 0 Å². The Hall–Kier alpha value is -2.01. The third-order valence-electron chi connectivity index (χ3n) is 4.51. The molecule has 12 heteroatoms. The molecular weight excluding hydrogens is 469 g/mol. The van der Waals surface area contributed by atoms with E-state index in [1.54, 1.807) is 18.7 Å². The summed E-state index contributed by atoms with van der Waals surface area (Å²) in [6.45, 7) is 0.774. The van der Waals surface area contributed by atoms with Crippen molar-refractivity contribution in [3.8, 4) is 5.75 Å². The molecule has 3 rings (SSSR count). The fourth-order valence-corrected chi connectivity index (χ4v) is 3.79. The van der Waals surface area contributed by atoms with Crippen LogP contribution in [0.3, 0.4) is 0 Å². The van der Waals surface area contributed by atoms with E-state index in [0.29, 0.717) is 0 Å². The number of carbonyl (C=O) groups is 1. The summed E-state index contributed by atoms with van der Waals surface area (Å²) in [5.74, 6) is -1.11. The number of benzene rings is 1. The molecule has 28 heavy (non-hydrogen) atoms. The van der Waals surface area contributed by atoms with E-state index in [1.807, 2.05) is 0 Å². The highest BCUT2D eigenvalue weighted by atomic mass is 79.9. The Morgan fingerprint density at radius 1 is 1.36 bits per heavy atom. The lowest BCUT2D eigenvalue weighted by atomic mass is 10.1. The third-order valence-corrected chi connectivity index (χ3v) is 5.42. The van der Waals surface area contributed by atoms with E-state index in [1.165, 1.54) is 11.0 Å². The van der Waals surface area contributed by atoms with Crippen LogP contribution < -0.4 is 9.64 Å². The van der Waals surface area contributed by atoms with Crippen LogP contribution >= 0.6 is 27.5 Å². The second-order valence-electron chi connectivity index (χ2n) is 6.38. The maximum atomic E-state index is 14.8. The fourth-order valence-electron chi connectivity index (χ4n) is 3.23. The van der Waals surface area contributed by atoms with Gasteiger partial charge >= 0.3 is 12.7 Å². The highest BCUT2D eigenvalue weighted by Crippen LogP contribution is 2.39. The van der Waals surface area contributed by atoms with Crippen molar-refractivity contribution in [2.45, 2.75) is 32.5 Å². The molecule has 2 atom stereocenters. The number of nitrogens with zero attached hydrogens (tertiary/aromatic N) is 4. The fraction of sp³-hybridized carbons (Fsp3) is 0.438. The van der Waals surface area contributed by atoms with E-state index < -0.39 is 24.3 Å². The Morgan fingerprint density at radius 2 is 2.04 bits per heavy atom. The van der Waals surface area contributed by atoms with E-state index >= 15 is 0 Å². The molecule has 0 bridgehead atoms. The van der Waals surface area contributed by atoms with Crippen molar-refractivity contribution in [2.75, 3.05) is 18.0 Å². The van der Waals surface area contributed by atoms with Crippen molar-refractivity contribution in [1.29, 1.82) is 0 Å². The highest BCUT2D eigenvalue weighted by Gasteiger charge is 2.34. The lowest BCUT2D eigenvalue weighted by Gasteiger charge is -2.43. The molecule has 1 N–H and O–H groups in total. The number of hydrogen-bond acceptors (Lipinski definition) is 5. The lowest BCUT2D eigenvalue weighted by molar-refractivity contribution is -0.0504. The van der Waals surface area contributed by atoms with Crippen LogP contribution in [-0.2, 0) is 0 Å². The SMILES string of the molecule is C[C@@H]1CN(c2nc(Cl)nc3c(F)c(Br)c(OC(F)F)cc23)[C@@H](C)CN1C(=O)O. The van der Waals surface area contributed by atoms with Crippen LogP contribution in [0.5, 0.6) is 5.75 Å². The van der Waals surface area contributed by atoms with Gasteiger partial charge in [0, 0.05) is 30.6 Å². The molecule has 1 aliphatic heterocycles. The minimum absolute atomic E-state index is 0.128. The zero-order valence-corrected chi connectivity index (χ0v) is 17.0. The van der Waals surface area contributed by atoms with Crippen LogP contribution in [0.1, 0.15) is 13.8 Å². The van der Waals surface area contributed by atoms with Gasteiger partial charge in [-0.3, -0.25) is 0 Å². The molecule has 0 spiro atoms. The summed E-state index contributed by atoms with van der Waals surface area (Å²) in [6.07, 6.45) is -1.05. The normalized spacial score (nSPS) is 20.1. The minimum Gasteiger partial charge on any atom is -0.465 e. The molecular formula is C16H15BrClF3N4O3. The van der Waals surface area contributed by atoms with E-state index in [-0.39, 0.29) is 51.7 Å². The zero-order valence-electron chi connectivity index (χ0n) is 14.7. The number of carboxylic acid groups (broad SMARTS) is 1. The molecule has 1 aromatic carbocycles. The van der Waals surface area contributed by atoms with Crippen molar-refractivity contribution in [3.63, 3.8) is 0 Å². The number of anilines is 1. The number of aromatic nitrogens is 2. The van der Waals surface area contributed by atoms with Crippen LogP contribution in [0.4, 0.5) is 23.8 Å². The van der Waals surface area contributed by atoms with Crippen molar-refractivity contribution < 1.29 is 27.8 Å². The molecule has 1 aromatic heterocycles. The van der Waals surface area contributed by atoms with Gasteiger partial charge in [-0.25, -0.2) is 14.2 Å². The summed E-state index contributed by atoms with van der Waals surface area (Å²) >= 11 is 8.87. The topological polar surface area (TPSA) is 78.8 Å². The smallest absolute Gasteiger partial charge is 0.407 e. The predicted octanol–water partition coefficient (Wildman–Crippen LogP) is 4.36. The molecule has 1 amide bonds.